The second-order valence-electron chi connectivity index (χ2n) is 4.64. The molecule has 0 spiro atoms. The largest absolute Gasteiger partial charge is 0.392 e. The number of hydrogen-bond donors (Lipinski definition) is 1. The molecule has 0 aromatic rings. The Labute approximate surface area is 81.9 Å². The number of aliphatic hydroxyl groups excluding tert-OH is 1. The van der Waals surface area contributed by atoms with E-state index in [-0.39, 0.29) is 6.10 Å². The first kappa shape index (κ1) is 11.0. The third kappa shape index (κ3) is 4.10. The van der Waals surface area contributed by atoms with E-state index in [1.807, 2.05) is 0 Å². The molecule has 1 fully saturated rings. The standard InChI is InChI=1S/C11H23NO/c1-4-9(2)7-12(3)8-11(13)10-5-6-10/h9-11,13H,4-8H2,1-3H3. The minimum atomic E-state index is -0.0749. The molecule has 78 valence electrons. The Bertz CT molecular complexity index is 145. The van der Waals surface area contributed by atoms with Crippen molar-refractivity contribution in [3.8, 4) is 0 Å². The number of likely N-dealkylation sites (N-methyl/N-ethyl adjacent to an activating group) is 1. The number of nitrogens with zero attached hydrogens (tertiary/aromatic N) is 1. The molecule has 13 heavy (non-hydrogen) atoms. The normalized spacial score (nSPS) is 21.9. The molecule has 0 heterocycles. The summed E-state index contributed by atoms with van der Waals surface area (Å²) in [6.07, 6.45) is 3.62. The predicted molar refractivity (Wildman–Crippen MR) is 55.7 cm³/mol. The fraction of sp³-hybridized carbons (Fsp3) is 1.00. The highest BCUT2D eigenvalue weighted by molar-refractivity contribution is 4.82. The summed E-state index contributed by atoms with van der Waals surface area (Å²) < 4.78 is 0. The van der Waals surface area contributed by atoms with Crippen LogP contribution in [0, 0.1) is 11.8 Å². The molecular formula is C11H23NO. The van der Waals surface area contributed by atoms with Gasteiger partial charge >= 0.3 is 0 Å². The van der Waals surface area contributed by atoms with Crippen LogP contribution in [0.3, 0.4) is 0 Å². The molecule has 0 amide bonds. The lowest BCUT2D eigenvalue weighted by Gasteiger charge is -2.23. The van der Waals surface area contributed by atoms with Gasteiger partial charge in [-0.15, -0.1) is 0 Å². The zero-order valence-corrected chi connectivity index (χ0v) is 9.16. The average Bonchev–Trinajstić information content (AvgIpc) is 2.85. The summed E-state index contributed by atoms with van der Waals surface area (Å²) in [6.45, 7) is 6.45. The van der Waals surface area contributed by atoms with Gasteiger partial charge in [0.2, 0.25) is 0 Å². The Hall–Kier alpha value is -0.0800. The molecule has 2 atom stereocenters. The average molecular weight is 185 g/mol. The van der Waals surface area contributed by atoms with Gasteiger partial charge in [-0.3, -0.25) is 0 Å². The lowest BCUT2D eigenvalue weighted by molar-refractivity contribution is 0.101. The van der Waals surface area contributed by atoms with Gasteiger partial charge in [-0.25, -0.2) is 0 Å². The molecule has 1 aliphatic rings. The van der Waals surface area contributed by atoms with Crippen LogP contribution < -0.4 is 0 Å². The third-order valence-electron chi connectivity index (χ3n) is 2.99. The molecule has 2 nitrogen and oxygen atoms in total. The minimum Gasteiger partial charge on any atom is -0.392 e. The van der Waals surface area contributed by atoms with Crippen molar-refractivity contribution in [3.63, 3.8) is 0 Å². The van der Waals surface area contributed by atoms with Crippen LogP contribution in [0.1, 0.15) is 33.1 Å². The molecule has 2 heteroatoms. The Morgan fingerprint density at radius 3 is 2.46 bits per heavy atom. The van der Waals surface area contributed by atoms with Gasteiger partial charge in [0.15, 0.2) is 0 Å². The zero-order valence-electron chi connectivity index (χ0n) is 9.16. The molecule has 2 unspecified atom stereocenters. The number of hydrogen-bond acceptors (Lipinski definition) is 2. The first-order chi connectivity index (χ1) is 6.13. The maximum Gasteiger partial charge on any atom is 0.0695 e. The second-order valence-corrected chi connectivity index (χ2v) is 4.64. The van der Waals surface area contributed by atoms with Crippen LogP contribution >= 0.6 is 0 Å². The molecule has 1 saturated carbocycles. The van der Waals surface area contributed by atoms with E-state index in [0.717, 1.165) is 19.0 Å². The van der Waals surface area contributed by atoms with E-state index in [4.69, 9.17) is 0 Å². The topological polar surface area (TPSA) is 23.5 Å². The lowest BCUT2D eigenvalue weighted by atomic mass is 10.1. The van der Waals surface area contributed by atoms with Crippen LogP contribution in [0.2, 0.25) is 0 Å². The van der Waals surface area contributed by atoms with E-state index in [2.05, 4.69) is 25.8 Å². The molecule has 0 saturated heterocycles. The summed E-state index contributed by atoms with van der Waals surface area (Å²) in [5.74, 6) is 1.36. The van der Waals surface area contributed by atoms with Gasteiger partial charge in [0.25, 0.3) is 0 Å². The molecule has 0 aromatic heterocycles. The summed E-state index contributed by atoms with van der Waals surface area (Å²) in [6, 6.07) is 0. The molecule has 0 aromatic carbocycles. The van der Waals surface area contributed by atoms with Crippen molar-refractivity contribution in [2.75, 3.05) is 20.1 Å². The Balaban J connectivity index is 2.11. The minimum absolute atomic E-state index is 0.0749. The van der Waals surface area contributed by atoms with Crippen molar-refractivity contribution in [3.05, 3.63) is 0 Å². The monoisotopic (exact) mass is 185 g/mol. The van der Waals surface area contributed by atoms with Crippen LogP contribution in [0.25, 0.3) is 0 Å². The Morgan fingerprint density at radius 2 is 2.00 bits per heavy atom. The van der Waals surface area contributed by atoms with Gasteiger partial charge in [-0.1, -0.05) is 20.3 Å². The van der Waals surface area contributed by atoms with Crippen LogP contribution in [-0.2, 0) is 0 Å². The van der Waals surface area contributed by atoms with Crippen LogP contribution in [0.5, 0.6) is 0 Å². The molecule has 1 N–H and O–H groups in total. The van der Waals surface area contributed by atoms with Crippen molar-refractivity contribution in [1.29, 1.82) is 0 Å². The van der Waals surface area contributed by atoms with Gasteiger partial charge in [0.05, 0.1) is 6.10 Å². The first-order valence-electron chi connectivity index (χ1n) is 5.50. The highest BCUT2D eigenvalue weighted by atomic mass is 16.3. The first-order valence-corrected chi connectivity index (χ1v) is 5.50. The smallest absolute Gasteiger partial charge is 0.0695 e. The summed E-state index contributed by atoms with van der Waals surface area (Å²) in [5, 5.41) is 9.70. The van der Waals surface area contributed by atoms with E-state index in [0.29, 0.717) is 5.92 Å². The maximum absolute atomic E-state index is 9.70. The zero-order chi connectivity index (χ0) is 9.84. The molecule has 1 rings (SSSR count). The summed E-state index contributed by atoms with van der Waals surface area (Å²) in [4.78, 5) is 2.26. The predicted octanol–water partition coefficient (Wildman–Crippen LogP) is 1.74. The highest BCUT2D eigenvalue weighted by Gasteiger charge is 2.30. The number of aliphatic hydroxyl groups is 1. The third-order valence-corrected chi connectivity index (χ3v) is 2.99. The molecule has 0 bridgehead atoms. The van der Waals surface area contributed by atoms with E-state index in [1.165, 1.54) is 19.3 Å². The van der Waals surface area contributed by atoms with Gasteiger partial charge in [-0.05, 0) is 31.7 Å². The highest BCUT2D eigenvalue weighted by Crippen LogP contribution is 2.32. The van der Waals surface area contributed by atoms with Crippen LogP contribution in [-0.4, -0.2) is 36.2 Å². The summed E-state index contributed by atoms with van der Waals surface area (Å²) >= 11 is 0. The number of rotatable bonds is 6. The van der Waals surface area contributed by atoms with Gasteiger partial charge in [0.1, 0.15) is 0 Å². The SMILES string of the molecule is CCC(C)CN(C)CC(O)C1CC1. The van der Waals surface area contributed by atoms with E-state index in [1.54, 1.807) is 0 Å². The Morgan fingerprint density at radius 1 is 1.38 bits per heavy atom. The fourth-order valence-corrected chi connectivity index (χ4v) is 1.69. The Kier molecular flexibility index (Phi) is 4.20. The second kappa shape index (κ2) is 4.97. The van der Waals surface area contributed by atoms with Crippen molar-refractivity contribution >= 4 is 0 Å². The summed E-state index contributed by atoms with van der Waals surface area (Å²) in [5.41, 5.74) is 0. The maximum atomic E-state index is 9.70. The van der Waals surface area contributed by atoms with Crippen LogP contribution in [0.4, 0.5) is 0 Å². The van der Waals surface area contributed by atoms with Crippen molar-refractivity contribution in [2.24, 2.45) is 11.8 Å². The van der Waals surface area contributed by atoms with Crippen molar-refractivity contribution in [2.45, 2.75) is 39.2 Å². The summed E-state index contributed by atoms with van der Waals surface area (Å²) in [7, 11) is 2.11. The molecule has 0 aliphatic heterocycles. The lowest BCUT2D eigenvalue weighted by Crippen LogP contribution is -2.33. The van der Waals surface area contributed by atoms with Crippen molar-refractivity contribution in [1.82, 2.24) is 4.90 Å². The molecule has 0 radical (unpaired) electrons. The van der Waals surface area contributed by atoms with E-state index >= 15 is 0 Å². The van der Waals surface area contributed by atoms with Gasteiger partial charge < -0.3 is 10.0 Å². The fourth-order valence-electron chi connectivity index (χ4n) is 1.69. The van der Waals surface area contributed by atoms with E-state index in [9.17, 15) is 5.11 Å². The quantitative estimate of drug-likeness (QED) is 0.681. The van der Waals surface area contributed by atoms with E-state index < -0.39 is 0 Å². The molecule has 1 aliphatic carbocycles. The van der Waals surface area contributed by atoms with Gasteiger partial charge in [-0.2, -0.15) is 0 Å². The van der Waals surface area contributed by atoms with Crippen LogP contribution in [0.15, 0.2) is 0 Å². The van der Waals surface area contributed by atoms with Crippen molar-refractivity contribution < 1.29 is 5.11 Å². The molecular weight excluding hydrogens is 162 g/mol. The van der Waals surface area contributed by atoms with Gasteiger partial charge in [0, 0.05) is 13.1 Å².